The van der Waals surface area contributed by atoms with Gasteiger partial charge in [0.15, 0.2) is 0 Å². The van der Waals surface area contributed by atoms with Gasteiger partial charge in [0.2, 0.25) is 0 Å². The third kappa shape index (κ3) is 5.55. The molecule has 0 aliphatic rings. The SMILES string of the molecule is CCCCP(=O)(CCCC)SS. The molecule has 0 fully saturated rings. The van der Waals surface area contributed by atoms with Crippen LogP contribution in [0, 0.1) is 0 Å². The minimum atomic E-state index is -1.95. The molecule has 0 saturated carbocycles. The molecular formula is C8H19OPS2. The summed E-state index contributed by atoms with van der Waals surface area (Å²) < 4.78 is 12.0. The van der Waals surface area contributed by atoms with E-state index in [1.165, 1.54) is 10.4 Å². The molecule has 74 valence electrons. The van der Waals surface area contributed by atoms with Crippen molar-refractivity contribution in [1.29, 1.82) is 0 Å². The van der Waals surface area contributed by atoms with Crippen molar-refractivity contribution in [3.63, 3.8) is 0 Å². The van der Waals surface area contributed by atoms with E-state index in [4.69, 9.17) is 0 Å². The van der Waals surface area contributed by atoms with Crippen molar-refractivity contribution in [2.75, 3.05) is 12.3 Å². The van der Waals surface area contributed by atoms with Crippen LogP contribution in [-0.2, 0) is 4.57 Å². The Labute approximate surface area is 85.0 Å². The van der Waals surface area contributed by atoms with Crippen LogP contribution in [0.5, 0.6) is 0 Å². The molecule has 0 rings (SSSR count). The highest BCUT2D eigenvalue weighted by Gasteiger charge is 2.19. The summed E-state index contributed by atoms with van der Waals surface area (Å²) in [5.41, 5.74) is 0. The molecule has 0 N–H and O–H groups in total. The van der Waals surface area contributed by atoms with Gasteiger partial charge in [0.05, 0.1) is 0 Å². The summed E-state index contributed by atoms with van der Waals surface area (Å²) in [5.74, 6) is 0. The van der Waals surface area contributed by atoms with Gasteiger partial charge in [0.25, 0.3) is 0 Å². The third-order valence-corrected chi connectivity index (χ3v) is 8.81. The molecule has 0 unspecified atom stereocenters. The first-order valence-electron chi connectivity index (χ1n) is 4.59. The highest BCUT2D eigenvalue weighted by molar-refractivity contribution is 8.94. The molecule has 0 spiro atoms. The number of unbranched alkanes of at least 4 members (excludes halogenated alkanes) is 2. The lowest BCUT2D eigenvalue weighted by Gasteiger charge is -2.13. The first-order valence-corrected chi connectivity index (χ1v) is 9.15. The predicted octanol–water partition coefficient (Wildman–Crippen LogP) is 4.44. The van der Waals surface area contributed by atoms with Gasteiger partial charge in [-0.25, -0.2) is 0 Å². The first-order chi connectivity index (χ1) is 5.68. The van der Waals surface area contributed by atoms with E-state index in [2.05, 4.69) is 25.5 Å². The molecule has 12 heavy (non-hydrogen) atoms. The van der Waals surface area contributed by atoms with Crippen LogP contribution in [0.1, 0.15) is 39.5 Å². The highest BCUT2D eigenvalue weighted by Crippen LogP contribution is 2.61. The van der Waals surface area contributed by atoms with Crippen molar-refractivity contribution in [1.82, 2.24) is 0 Å². The molecule has 0 aromatic rings. The first kappa shape index (κ1) is 12.9. The van der Waals surface area contributed by atoms with Crippen LogP contribution < -0.4 is 0 Å². The molecule has 4 heteroatoms. The normalized spacial score (nSPS) is 11.9. The van der Waals surface area contributed by atoms with Crippen LogP contribution in [0.25, 0.3) is 0 Å². The van der Waals surface area contributed by atoms with E-state index in [0.29, 0.717) is 0 Å². The van der Waals surface area contributed by atoms with Crippen molar-refractivity contribution in [2.45, 2.75) is 39.5 Å². The topological polar surface area (TPSA) is 17.1 Å². The Hall–Kier alpha value is 0.930. The fraction of sp³-hybridized carbons (Fsp3) is 1.00. The lowest BCUT2D eigenvalue weighted by Crippen LogP contribution is -1.90. The molecule has 1 nitrogen and oxygen atoms in total. The molecule has 0 radical (unpaired) electrons. The van der Waals surface area contributed by atoms with Crippen molar-refractivity contribution < 1.29 is 4.57 Å². The van der Waals surface area contributed by atoms with Crippen LogP contribution in [0.2, 0.25) is 0 Å². The number of thiol groups is 1. The smallest absolute Gasteiger partial charge is 0.149 e. The summed E-state index contributed by atoms with van der Waals surface area (Å²) in [6, 6.07) is 0. The predicted molar refractivity (Wildman–Crippen MR) is 63.7 cm³/mol. The van der Waals surface area contributed by atoms with Crippen molar-refractivity contribution >= 4 is 28.4 Å². The maximum atomic E-state index is 12.0. The molecule has 0 heterocycles. The van der Waals surface area contributed by atoms with Gasteiger partial charge in [-0.3, -0.25) is 0 Å². The van der Waals surface area contributed by atoms with E-state index in [1.54, 1.807) is 0 Å². The van der Waals surface area contributed by atoms with Crippen LogP contribution in [0.4, 0.5) is 0 Å². The Morgan fingerprint density at radius 2 is 1.58 bits per heavy atom. The second-order valence-electron chi connectivity index (χ2n) is 3.05. The largest absolute Gasteiger partial charge is 0.311 e. The molecule has 0 aliphatic carbocycles. The molecule has 0 atom stereocenters. The van der Waals surface area contributed by atoms with E-state index in [-0.39, 0.29) is 0 Å². The Morgan fingerprint density at radius 3 is 1.83 bits per heavy atom. The fourth-order valence-corrected chi connectivity index (χ4v) is 5.71. The Bertz CT molecular complexity index is 138. The van der Waals surface area contributed by atoms with Crippen LogP contribution in [0.3, 0.4) is 0 Å². The average molecular weight is 226 g/mol. The lowest BCUT2D eigenvalue weighted by atomic mass is 10.4. The molecule has 0 aliphatic heterocycles. The van der Waals surface area contributed by atoms with E-state index in [9.17, 15) is 4.57 Å². The number of rotatable bonds is 7. The van der Waals surface area contributed by atoms with Crippen molar-refractivity contribution in [3.05, 3.63) is 0 Å². The van der Waals surface area contributed by atoms with Gasteiger partial charge in [-0.2, -0.15) is 0 Å². The summed E-state index contributed by atoms with van der Waals surface area (Å²) in [7, 11) is 1.30. The Morgan fingerprint density at radius 1 is 1.17 bits per heavy atom. The van der Waals surface area contributed by atoms with E-state index >= 15 is 0 Å². The molecular weight excluding hydrogens is 207 g/mol. The van der Waals surface area contributed by atoms with Gasteiger partial charge in [-0.05, 0) is 23.3 Å². The second kappa shape index (κ2) is 7.34. The van der Waals surface area contributed by atoms with Gasteiger partial charge < -0.3 is 4.57 Å². The Kier molecular flexibility index (Phi) is 7.91. The minimum absolute atomic E-state index is 0.873. The summed E-state index contributed by atoms with van der Waals surface area (Å²) in [4.78, 5) is 0. The molecule has 0 aromatic carbocycles. The van der Waals surface area contributed by atoms with Crippen LogP contribution in [-0.4, -0.2) is 12.3 Å². The van der Waals surface area contributed by atoms with Gasteiger partial charge >= 0.3 is 0 Å². The summed E-state index contributed by atoms with van der Waals surface area (Å²) in [6.07, 6.45) is 4.21. The number of hydrogen-bond acceptors (Lipinski definition) is 3. The molecule has 0 amide bonds. The van der Waals surface area contributed by atoms with Crippen molar-refractivity contribution in [2.24, 2.45) is 0 Å². The zero-order valence-corrected chi connectivity index (χ0v) is 10.6. The van der Waals surface area contributed by atoms with Gasteiger partial charge in [0, 0.05) is 12.3 Å². The summed E-state index contributed by atoms with van der Waals surface area (Å²) >= 11 is 4.10. The van der Waals surface area contributed by atoms with Gasteiger partial charge in [0.1, 0.15) is 6.34 Å². The standard InChI is InChI=1S/C8H19OPS2/c1-3-5-7-10(9,12-11)8-6-4-2/h11H,3-8H2,1-2H3. The molecule has 0 bridgehead atoms. The Balaban J connectivity index is 3.79. The molecule has 0 aromatic heterocycles. The van der Waals surface area contributed by atoms with Gasteiger partial charge in [-0.15, -0.1) is 11.7 Å². The average Bonchev–Trinajstić information content (AvgIpc) is 2.11. The monoisotopic (exact) mass is 226 g/mol. The highest BCUT2D eigenvalue weighted by atomic mass is 33.3. The van der Waals surface area contributed by atoms with Crippen LogP contribution in [0.15, 0.2) is 0 Å². The quantitative estimate of drug-likeness (QED) is 0.392. The third-order valence-electron chi connectivity index (χ3n) is 1.85. The fourth-order valence-electron chi connectivity index (χ4n) is 0.991. The van der Waals surface area contributed by atoms with Gasteiger partial charge in [-0.1, -0.05) is 26.7 Å². The van der Waals surface area contributed by atoms with Crippen molar-refractivity contribution in [3.8, 4) is 0 Å². The second-order valence-corrected chi connectivity index (χ2v) is 9.69. The van der Waals surface area contributed by atoms with E-state index < -0.39 is 6.34 Å². The molecule has 0 saturated heterocycles. The zero-order valence-electron chi connectivity index (χ0n) is 7.95. The number of hydrogen-bond donors (Lipinski definition) is 1. The maximum Gasteiger partial charge on any atom is 0.149 e. The van der Waals surface area contributed by atoms with Crippen LogP contribution >= 0.6 is 28.4 Å². The zero-order chi connectivity index (χ0) is 9.45. The summed E-state index contributed by atoms with van der Waals surface area (Å²) in [6.45, 7) is 4.26. The van der Waals surface area contributed by atoms with E-state index in [1.807, 2.05) is 0 Å². The maximum absolute atomic E-state index is 12.0. The summed E-state index contributed by atoms with van der Waals surface area (Å²) in [5, 5.41) is 0. The minimum Gasteiger partial charge on any atom is -0.311 e. The van der Waals surface area contributed by atoms with E-state index in [0.717, 1.165) is 38.0 Å². The lowest BCUT2D eigenvalue weighted by molar-refractivity contribution is 0.581.